The first-order chi connectivity index (χ1) is 10.0. The van der Waals surface area contributed by atoms with Crippen molar-refractivity contribution in [2.45, 2.75) is 77.4 Å². The zero-order chi connectivity index (χ0) is 15.1. The fourth-order valence-electron chi connectivity index (χ4n) is 2.51. The van der Waals surface area contributed by atoms with Crippen LogP contribution < -0.4 is 5.32 Å². The van der Waals surface area contributed by atoms with Crippen molar-refractivity contribution in [3.63, 3.8) is 0 Å². The Bertz CT molecular complexity index is 408. The second-order valence-corrected chi connectivity index (χ2v) is 8.04. The molecule has 1 aromatic rings. The van der Waals surface area contributed by atoms with Crippen molar-refractivity contribution in [1.29, 1.82) is 0 Å². The normalized spacial score (nSPS) is 19.9. The van der Waals surface area contributed by atoms with Gasteiger partial charge < -0.3 is 10.1 Å². The monoisotopic (exact) mass is 311 g/mol. The number of aryl methyl sites for hydroxylation is 2. The van der Waals surface area contributed by atoms with Crippen LogP contribution in [0.5, 0.6) is 0 Å². The fourth-order valence-corrected chi connectivity index (χ4v) is 3.41. The first kappa shape index (κ1) is 16.8. The zero-order valence-corrected chi connectivity index (χ0v) is 14.5. The highest BCUT2D eigenvalue weighted by molar-refractivity contribution is 7.11. The Morgan fingerprint density at radius 1 is 1.19 bits per heavy atom. The highest BCUT2D eigenvalue weighted by Crippen LogP contribution is 2.19. The van der Waals surface area contributed by atoms with E-state index >= 15 is 0 Å². The van der Waals surface area contributed by atoms with E-state index in [1.54, 1.807) is 11.3 Å². The molecule has 1 aliphatic heterocycles. The summed E-state index contributed by atoms with van der Waals surface area (Å²) in [6.45, 7) is 8.57. The molecular weight excluding hydrogens is 282 g/mol. The molecule has 1 aromatic heterocycles. The standard InChI is InChI=1S/C16H29N3OS/c1-16(2,3)17-11-6-8-14-18-19-15(21-14)10-9-13-7-4-5-12-20-13/h13,17H,4-12H2,1-3H3. The summed E-state index contributed by atoms with van der Waals surface area (Å²) in [5.74, 6) is 0. The maximum Gasteiger partial charge on any atom is 0.117 e. The number of nitrogens with one attached hydrogen (secondary N) is 1. The lowest BCUT2D eigenvalue weighted by Gasteiger charge is -2.21. The third-order valence-corrected chi connectivity index (χ3v) is 4.73. The summed E-state index contributed by atoms with van der Waals surface area (Å²) < 4.78 is 5.77. The molecule has 5 heteroatoms. The molecule has 1 N–H and O–H groups in total. The van der Waals surface area contributed by atoms with Crippen molar-refractivity contribution in [3.05, 3.63) is 10.0 Å². The Hall–Kier alpha value is -0.520. The Balaban J connectivity index is 1.64. The van der Waals surface area contributed by atoms with Crippen molar-refractivity contribution in [2.75, 3.05) is 13.2 Å². The molecule has 1 fully saturated rings. The molecule has 0 aromatic carbocycles. The van der Waals surface area contributed by atoms with Crippen molar-refractivity contribution >= 4 is 11.3 Å². The van der Waals surface area contributed by atoms with Gasteiger partial charge in [-0.05, 0) is 59.4 Å². The van der Waals surface area contributed by atoms with Gasteiger partial charge in [0.1, 0.15) is 10.0 Å². The SMILES string of the molecule is CC(C)(C)NCCCc1nnc(CCC2CCCCO2)s1. The first-order valence-electron chi connectivity index (χ1n) is 8.21. The summed E-state index contributed by atoms with van der Waals surface area (Å²) >= 11 is 1.77. The van der Waals surface area contributed by atoms with Gasteiger partial charge in [0.15, 0.2) is 0 Å². The maximum absolute atomic E-state index is 5.77. The van der Waals surface area contributed by atoms with E-state index in [-0.39, 0.29) is 5.54 Å². The van der Waals surface area contributed by atoms with E-state index in [1.807, 2.05) is 0 Å². The van der Waals surface area contributed by atoms with Gasteiger partial charge in [-0.2, -0.15) is 0 Å². The Morgan fingerprint density at radius 2 is 1.95 bits per heavy atom. The van der Waals surface area contributed by atoms with Crippen LogP contribution in [0.2, 0.25) is 0 Å². The number of aromatic nitrogens is 2. The van der Waals surface area contributed by atoms with Gasteiger partial charge in [0.2, 0.25) is 0 Å². The van der Waals surface area contributed by atoms with Gasteiger partial charge in [0.25, 0.3) is 0 Å². The summed E-state index contributed by atoms with van der Waals surface area (Å²) in [7, 11) is 0. The van der Waals surface area contributed by atoms with Crippen LogP contribution in [0.25, 0.3) is 0 Å². The number of ether oxygens (including phenoxy) is 1. The lowest BCUT2D eigenvalue weighted by molar-refractivity contribution is 0.0115. The molecule has 0 bridgehead atoms. The largest absolute Gasteiger partial charge is 0.378 e. The summed E-state index contributed by atoms with van der Waals surface area (Å²) in [6, 6.07) is 0. The van der Waals surface area contributed by atoms with E-state index in [0.717, 1.165) is 38.8 Å². The van der Waals surface area contributed by atoms with E-state index in [4.69, 9.17) is 4.74 Å². The second kappa shape index (κ2) is 8.20. The minimum atomic E-state index is 0.201. The Kier molecular flexibility index (Phi) is 6.58. The molecule has 0 radical (unpaired) electrons. The first-order valence-corrected chi connectivity index (χ1v) is 9.02. The molecule has 1 unspecified atom stereocenters. The number of hydrogen-bond donors (Lipinski definition) is 1. The third-order valence-electron chi connectivity index (χ3n) is 3.69. The highest BCUT2D eigenvalue weighted by Gasteiger charge is 2.15. The third kappa shape index (κ3) is 6.85. The van der Waals surface area contributed by atoms with Crippen LogP contribution in [0.15, 0.2) is 0 Å². The van der Waals surface area contributed by atoms with Crippen LogP contribution in [0.4, 0.5) is 0 Å². The molecule has 1 aliphatic rings. The van der Waals surface area contributed by atoms with Crippen molar-refractivity contribution in [3.8, 4) is 0 Å². The topological polar surface area (TPSA) is 47.0 Å². The second-order valence-electron chi connectivity index (χ2n) is 6.90. The quantitative estimate of drug-likeness (QED) is 0.784. The molecular formula is C16H29N3OS. The summed E-state index contributed by atoms with van der Waals surface area (Å²) in [5.41, 5.74) is 0.201. The molecule has 4 nitrogen and oxygen atoms in total. The van der Waals surface area contributed by atoms with E-state index in [9.17, 15) is 0 Å². The van der Waals surface area contributed by atoms with Gasteiger partial charge >= 0.3 is 0 Å². The van der Waals surface area contributed by atoms with Crippen molar-refractivity contribution in [2.24, 2.45) is 0 Å². The van der Waals surface area contributed by atoms with E-state index < -0.39 is 0 Å². The number of nitrogens with zero attached hydrogens (tertiary/aromatic N) is 2. The van der Waals surface area contributed by atoms with Gasteiger partial charge in [0, 0.05) is 25.0 Å². The van der Waals surface area contributed by atoms with Crippen molar-refractivity contribution in [1.82, 2.24) is 15.5 Å². The van der Waals surface area contributed by atoms with E-state index in [0.29, 0.717) is 6.10 Å². The molecule has 0 amide bonds. The van der Waals surface area contributed by atoms with Crippen LogP contribution in [-0.2, 0) is 17.6 Å². The summed E-state index contributed by atoms with van der Waals surface area (Å²) in [5, 5.41) is 14.5. The molecule has 0 spiro atoms. The average Bonchev–Trinajstić information content (AvgIpc) is 2.89. The predicted molar refractivity (Wildman–Crippen MR) is 87.9 cm³/mol. The van der Waals surface area contributed by atoms with Crippen LogP contribution in [0.3, 0.4) is 0 Å². The molecule has 2 heterocycles. The molecule has 0 aliphatic carbocycles. The number of hydrogen-bond acceptors (Lipinski definition) is 5. The van der Waals surface area contributed by atoms with Crippen LogP contribution in [0.1, 0.15) is 62.9 Å². The summed E-state index contributed by atoms with van der Waals surface area (Å²) in [6.07, 6.45) is 8.46. The van der Waals surface area contributed by atoms with E-state index in [1.165, 1.54) is 29.3 Å². The van der Waals surface area contributed by atoms with Crippen LogP contribution in [0, 0.1) is 0 Å². The van der Waals surface area contributed by atoms with Crippen molar-refractivity contribution < 1.29 is 4.74 Å². The van der Waals surface area contributed by atoms with Gasteiger partial charge in [-0.15, -0.1) is 21.5 Å². The zero-order valence-electron chi connectivity index (χ0n) is 13.7. The van der Waals surface area contributed by atoms with Gasteiger partial charge in [-0.25, -0.2) is 0 Å². The molecule has 1 atom stereocenters. The number of rotatable bonds is 7. The lowest BCUT2D eigenvalue weighted by Crippen LogP contribution is -2.36. The summed E-state index contributed by atoms with van der Waals surface area (Å²) in [4.78, 5) is 0. The molecule has 2 rings (SSSR count). The average molecular weight is 311 g/mol. The fraction of sp³-hybridized carbons (Fsp3) is 0.875. The lowest BCUT2D eigenvalue weighted by atomic mass is 10.1. The van der Waals surface area contributed by atoms with Gasteiger partial charge in [-0.1, -0.05) is 0 Å². The van der Waals surface area contributed by atoms with E-state index in [2.05, 4.69) is 36.3 Å². The highest BCUT2D eigenvalue weighted by atomic mass is 32.1. The Morgan fingerprint density at radius 3 is 2.62 bits per heavy atom. The smallest absolute Gasteiger partial charge is 0.117 e. The minimum Gasteiger partial charge on any atom is -0.378 e. The van der Waals surface area contributed by atoms with Crippen LogP contribution in [-0.4, -0.2) is 35.0 Å². The Labute approximate surface area is 132 Å². The van der Waals surface area contributed by atoms with Crippen LogP contribution >= 0.6 is 11.3 Å². The van der Waals surface area contributed by atoms with Gasteiger partial charge in [-0.3, -0.25) is 0 Å². The molecule has 21 heavy (non-hydrogen) atoms. The predicted octanol–water partition coefficient (Wildman–Crippen LogP) is 3.36. The maximum atomic E-state index is 5.77. The van der Waals surface area contributed by atoms with Gasteiger partial charge in [0.05, 0.1) is 6.10 Å². The molecule has 0 saturated carbocycles. The molecule has 120 valence electrons. The molecule has 1 saturated heterocycles. The minimum absolute atomic E-state index is 0.201.